The fraction of sp³-hybridized carbons (Fsp3) is 0.0645. The standard InChI is InChI=1S/C31H23NO4/c1-35-26-5-3-6-27(19-26)36-20-22-10-8-21(9-11-22)12-13-24-4-2-7-28(31(33)34)30(24)25-15-14-23-16-17-32-29(23)18-25/h2-11,14-19,32H,20H2,1H3,(H,33,34). The zero-order chi connectivity index (χ0) is 24.9. The average Bonchev–Trinajstić information content (AvgIpc) is 3.39. The summed E-state index contributed by atoms with van der Waals surface area (Å²) in [6, 6.07) is 28.3. The molecule has 0 saturated heterocycles. The van der Waals surface area contributed by atoms with E-state index in [2.05, 4.69) is 16.8 Å². The van der Waals surface area contributed by atoms with Gasteiger partial charge in [0.25, 0.3) is 0 Å². The highest BCUT2D eigenvalue weighted by molar-refractivity contribution is 5.99. The normalized spacial score (nSPS) is 10.5. The van der Waals surface area contributed by atoms with Crippen LogP contribution in [0.1, 0.15) is 27.0 Å². The van der Waals surface area contributed by atoms with Crippen molar-refractivity contribution in [1.29, 1.82) is 0 Å². The molecule has 0 fully saturated rings. The van der Waals surface area contributed by atoms with Crippen LogP contribution in [0.3, 0.4) is 0 Å². The van der Waals surface area contributed by atoms with Crippen molar-refractivity contribution in [3.63, 3.8) is 0 Å². The van der Waals surface area contributed by atoms with Crippen LogP contribution in [0.4, 0.5) is 0 Å². The van der Waals surface area contributed by atoms with E-state index in [1.54, 1.807) is 19.2 Å². The number of benzene rings is 4. The van der Waals surface area contributed by atoms with Gasteiger partial charge in [-0.25, -0.2) is 4.79 Å². The monoisotopic (exact) mass is 473 g/mol. The average molecular weight is 474 g/mol. The van der Waals surface area contributed by atoms with Gasteiger partial charge in [-0.05, 0) is 65.0 Å². The minimum atomic E-state index is -0.986. The van der Waals surface area contributed by atoms with Crippen LogP contribution in [-0.2, 0) is 6.61 Å². The predicted molar refractivity (Wildman–Crippen MR) is 140 cm³/mol. The first-order valence-electron chi connectivity index (χ1n) is 11.4. The lowest BCUT2D eigenvalue weighted by atomic mass is 9.93. The molecular weight excluding hydrogens is 450 g/mol. The first kappa shape index (κ1) is 22.8. The summed E-state index contributed by atoms with van der Waals surface area (Å²) < 4.78 is 11.1. The minimum Gasteiger partial charge on any atom is -0.497 e. The van der Waals surface area contributed by atoms with Gasteiger partial charge in [0.1, 0.15) is 18.1 Å². The van der Waals surface area contributed by atoms with Gasteiger partial charge < -0.3 is 19.6 Å². The third-order valence-electron chi connectivity index (χ3n) is 5.88. The second kappa shape index (κ2) is 10.1. The summed E-state index contributed by atoms with van der Waals surface area (Å²) in [7, 11) is 1.63. The molecule has 0 spiro atoms. The van der Waals surface area contributed by atoms with Gasteiger partial charge in [-0.2, -0.15) is 0 Å². The lowest BCUT2D eigenvalue weighted by Gasteiger charge is -2.10. The molecule has 5 aromatic rings. The fourth-order valence-corrected chi connectivity index (χ4v) is 4.03. The first-order chi connectivity index (χ1) is 17.6. The van der Waals surface area contributed by atoms with E-state index in [4.69, 9.17) is 9.47 Å². The summed E-state index contributed by atoms with van der Waals surface area (Å²) in [4.78, 5) is 15.2. The van der Waals surface area contributed by atoms with Gasteiger partial charge in [0.05, 0.1) is 12.7 Å². The largest absolute Gasteiger partial charge is 0.497 e. The molecule has 0 amide bonds. The molecule has 2 N–H and O–H groups in total. The summed E-state index contributed by atoms with van der Waals surface area (Å²) in [5.74, 6) is 6.86. The number of aromatic amines is 1. The molecule has 5 rings (SSSR count). The van der Waals surface area contributed by atoms with Crippen LogP contribution in [0, 0.1) is 11.8 Å². The number of H-pyrrole nitrogens is 1. The molecule has 5 nitrogen and oxygen atoms in total. The van der Waals surface area contributed by atoms with Crippen molar-refractivity contribution in [2.24, 2.45) is 0 Å². The Morgan fingerprint density at radius 3 is 2.50 bits per heavy atom. The molecule has 1 aromatic heterocycles. The van der Waals surface area contributed by atoms with E-state index in [0.29, 0.717) is 17.7 Å². The molecule has 1 heterocycles. The molecule has 0 bridgehead atoms. The Balaban J connectivity index is 1.40. The van der Waals surface area contributed by atoms with E-state index in [1.807, 2.05) is 85.1 Å². The van der Waals surface area contributed by atoms with E-state index in [0.717, 1.165) is 39.1 Å². The Labute approximate surface area is 209 Å². The smallest absolute Gasteiger partial charge is 0.336 e. The molecule has 0 aliphatic heterocycles. The summed E-state index contributed by atoms with van der Waals surface area (Å²) >= 11 is 0. The van der Waals surface area contributed by atoms with E-state index in [9.17, 15) is 9.90 Å². The summed E-state index contributed by atoms with van der Waals surface area (Å²) in [6.07, 6.45) is 1.86. The van der Waals surface area contributed by atoms with Gasteiger partial charge in [0.2, 0.25) is 0 Å². The number of methoxy groups -OCH3 is 1. The Morgan fingerprint density at radius 2 is 1.69 bits per heavy atom. The van der Waals surface area contributed by atoms with Crippen molar-refractivity contribution in [1.82, 2.24) is 4.98 Å². The van der Waals surface area contributed by atoms with E-state index < -0.39 is 5.97 Å². The number of hydrogen-bond donors (Lipinski definition) is 2. The molecule has 5 heteroatoms. The van der Waals surface area contributed by atoms with Crippen molar-refractivity contribution in [3.8, 4) is 34.5 Å². The number of fused-ring (bicyclic) bond motifs is 1. The van der Waals surface area contributed by atoms with Crippen LogP contribution >= 0.6 is 0 Å². The Kier molecular flexibility index (Phi) is 6.42. The highest BCUT2D eigenvalue weighted by Gasteiger charge is 2.15. The molecule has 4 aromatic carbocycles. The van der Waals surface area contributed by atoms with Gasteiger partial charge in [-0.15, -0.1) is 0 Å². The Hall–Kier alpha value is -4.95. The maximum Gasteiger partial charge on any atom is 0.336 e. The second-order valence-corrected chi connectivity index (χ2v) is 8.23. The van der Waals surface area contributed by atoms with Crippen molar-refractivity contribution < 1.29 is 19.4 Å². The lowest BCUT2D eigenvalue weighted by Crippen LogP contribution is -2.01. The van der Waals surface area contributed by atoms with Gasteiger partial charge in [-0.1, -0.05) is 48.2 Å². The van der Waals surface area contributed by atoms with Crippen LogP contribution in [0.15, 0.2) is 97.2 Å². The van der Waals surface area contributed by atoms with Crippen molar-refractivity contribution in [2.45, 2.75) is 6.61 Å². The number of aromatic nitrogens is 1. The van der Waals surface area contributed by atoms with E-state index in [-0.39, 0.29) is 5.56 Å². The molecule has 0 unspecified atom stereocenters. The Bertz CT molecular complexity index is 1600. The SMILES string of the molecule is COc1cccc(OCc2ccc(C#Cc3cccc(C(=O)O)c3-c3ccc4cc[nH]c4c3)cc2)c1. The van der Waals surface area contributed by atoms with Crippen LogP contribution in [0.5, 0.6) is 11.5 Å². The van der Waals surface area contributed by atoms with Gasteiger partial charge in [-0.3, -0.25) is 0 Å². The van der Waals surface area contributed by atoms with Crippen molar-refractivity contribution in [2.75, 3.05) is 7.11 Å². The Morgan fingerprint density at radius 1 is 0.889 bits per heavy atom. The van der Waals surface area contributed by atoms with Crippen LogP contribution in [0.2, 0.25) is 0 Å². The summed E-state index contributed by atoms with van der Waals surface area (Å²) in [5, 5.41) is 10.9. The number of carboxylic acid groups (broad SMARTS) is 1. The van der Waals surface area contributed by atoms with Crippen LogP contribution < -0.4 is 9.47 Å². The third-order valence-corrected chi connectivity index (χ3v) is 5.88. The highest BCUT2D eigenvalue weighted by atomic mass is 16.5. The molecule has 176 valence electrons. The van der Waals surface area contributed by atoms with Gasteiger partial charge in [0, 0.05) is 34.5 Å². The molecule has 0 aliphatic rings. The molecule has 0 aliphatic carbocycles. The minimum absolute atomic E-state index is 0.220. The van der Waals surface area contributed by atoms with Crippen LogP contribution in [0.25, 0.3) is 22.0 Å². The number of ether oxygens (including phenoxy) is 2. The molecular formula is C31H23NO4. The number of hydrogen-bond acceptors (Lipinski definition) is 3. The number of nitrogens with one attached hydrogen (secondary N) is 1. The second-order valence-electron chi connectivity index (χ2n) is 8.23. The van der Waals surface area contributed by atoms with Crippen molar-refractivity contribution >= 4 is 16.9 Å². The lowest BCUT2D eigenvalue weighted by molar-refractivity contribution is 0.0697. The van der Waals surface area contributed by atoms with E-state index >= 15 is 0 Å². The fourth-order valence-electron chi connectivity index (χ4n) is 4.03. The zero-order valence-corrected chi connectivity index (χ0v) is 19.6. The number of rotatable bonds is 6. The number of aromatic carboxylic acids is 1. The van der Waals surface area contributed by atoms with Gasteiger partial charge in [0.15, 0.2) is 0 Å². The maximum absolute atomic E-state index is 12.0. The summed E-state index contributed by atoms with van der Waals surface area (Å²) in [5.41, 5.74) is 5.07. The quantitative estimate of drug-likeness (QED) is 0.275. The van der Waals surface area contributed by atoms with E-state index in [1.165, 1.54) is 0 Å². The topological polar surface area (TPSA) is 71.6 Å². The highest BCUT2D eigenvalue weighted by Crippen LogP contribution is 2.30. The van der Waals surface area contributed by atoms with Gasteiger partial charge >= 0.3 is 5.97 Å². The molecule has 0 saturated carbocycles. The maximum atomic E-state index is 12.0. The molecule has 36 heavy (non-hydrogen) atoms. The predicted octanol–water partition coefficient (Wildman–Crippen LogP) is 6.52. The summed E-state index contributed by atoms with van der Waals surface area (Å²) in [6.45, 7) is 0.424. The van der Waals surface area contributed by atoms with Crippen LogP contribution in [-0.4, -0.2) is 23.2 Å². The first-order valence-corrected chi connectivity index (χ1v) is 11.4. The molecule has 0 atom stereocenters. The number of carboxylic acids is 1. The number of carbonyl (C=O) groups is 1. The van der Waals surface area contributed by atoms with Crippen molar-refractivity contribution in [3.05, 3.63) is 119 Å². The molecule has 0 radical (unpaired) electrons. The third kappa shape index (κ3) is 4.94. The zero-order valence-electron chi connectivity index (χ0n) is 19.6.